The third-order valence-electron chi connectivity index (χ3n) is 6.58. The fourth-order valence-corrected chi connectivity index (χ4v) is 4.65. The first kappa shape index (κ1) is 22.6. The van der Waals surface area contributed by atoms with E-state index in [4.69, 9.17) is 9.72 Å². The van der Waals surface area contributed by atoms with Crippen LogP contribution in [-0.2, 0) is 29.4 Å². The molecule has 2 aromatic carbocycles. The van der Waals surface area contributed by atoms with Gasteiger partial charge in [-0.15, -0.1) is 0 Å². The fourth-order valence-electron chi connectivity index (χ4n) is 4.65. The molecule has 1 amide bonds. The molecular weight excluding hydrogens is 444 g/mol. The molecule has 2 heterocycles. The van der Waals surface area contributed by atoms with E-state index in [1.165, 1.54) is 11.6 Å². The molecule has 5 rings (SSSR count). The van der Waals surface area contributed by atoms with Crippen LogP contribution in [0.25, 0.3) is 16.6 Å². The van der Waals surface area contributed by atoms with Gasteiger partial charge in [-0.05, 0) is 56.9 Å². The maximum atomic E-state index is 13.3. The number of carbonyl (C=O) groups is 2. The van der Waals surface area contributed by atoms with E-state index in [1.54, 1.807) is 18.7 Å². The summed E-state index contributed by atoms with van der Waals surface area (Å²) in [4.78, 5) is 44.0. The van der Waals surface area contributed by atoms with Gasteiger partial charge in [-0.25, -0.2) is 9.48 Å². The summed E-state index contributed by atoms with van der Waals surface area (Å²) in [6, 6.07) is 16.6. The van der Waals surface area contributed by atoms with Gasteiger partial charge < -0.3 is 10.1 Å². The summed E-state index contributed by atoms with van der Waals surface area (Å²) in [6.07, 6.45) is 1.39. The van der Waals surface area contributed by atoms with Crippen LogP contribution < -0.4 is 10.9 Å². The van der Waals surface area contributed by atoms with Gasteiger partial charge >= 0.3 is 5.97 Å². The number of rotatable bonds is 5. The molecule has 4 aromatic rings. The zero-order valence-electron chi connectivity index (χ0n) is 19.9. The molecule has 8 heteroatoms. The molecular formula is C27H26N4O4. The Morgan fingerprint density at radius 3 is 2.54 bits per heavy atom. The number of para-hydroxylation sites is 2. The van der Waals surface area contributed by atoms with E-state index < -0.39 is 18.0 Å². The molecule has 8 nitrogen and oxygen atoms in total. The molecule has 0 spiro atoms. The van der Waals surface area contributed by atoms with Crippen molar-refractivity contribution in [2.75, 3.05) is 5.32 Å². The van der Waals surface area contributed by atoms with Crippen molar-refractivity contribution in [3.05, 3.63) is 87.5 Å². The van der Waals surface area contributed by atoms with Crippen LogP contribution in [0.1, 0.15) is 40.7 Å². The van der Waals surface area contributed by atoms with Gasteiger partial charge in [0.25, 0.3) is 11.5 Å². The highest BCUT2D eigenvalue weighted by Crippen LogP contribution is 2.30. The Hall–Kier alpha value is -4.20. The Balaban J connectivity index is 1.40. The van der Waals surface area contributed by atoms with Gasteiger partial charge in [-0.1, -0.05) is 36.4 Å². The van der Waals surface area contributed by atoms with E-state index in [9.17, 15) is 14.4 Å². The monoisotopic (exact) mass is 470 g/mol. The highest BCUT2D eigenvalue weighted by atomic mass is 16.5. The lowest BCUT2D eigenvalue weighted by atomic mass is 10.0. The predicted molar refractivity (Wildman–Crippen MR) is 133 cm³/mol. The minimum Gasteiger partial charge on any atom is -0.449 e. The normalized spacial score (nSPS) is 13.5. The fraction of sp³-hybridized carbons (Fsp3) is 0.259. The number of aromatic nitrogens is 3. The molecule has 1 aliphatic carbocycles. The second kappa shape index (κ2) is 8.87. The molecule has 1 atom stereocenters. The topological polar surface area (TPSA) is 95.2 Å². The molecule has 1 aliphatic rings. The third kappa shape index (κ3) is 3.90. The van der Waals surface area contributed by atoms with Gasteiger partial charge in [-0.2, -0.15) is 0 Å². The zero-order chi connectivity index (χ0) is 24.7. The number of hydrogen-bond acceptors (Lipinski definition) is 5. The number of nitrogens with one attached hydrogen (secondary N) is 1. The second-order valence-corrected chi connectivity index (χ2v) is 8.76. The van der Waals surface area contributed by atoms with Crippen molar-refractivity contribution in [3.63, 3.8) is 0 Å². The van der Waals surface area contributed by atoms with E-state index in [-0.39, 0.29) is 11.2 Å². The number of ether oxygens (including phenoxy) is 1. The number of amides is 1. The van der Waals surface area contributed by atoms with E-state index in [0.717, 1.165) is 41.4 Å². The average Bonchev–Trinajstić information content (AvgIpc) is 3.40. The Kier molecular flexibility index (Phi) is 5.72. The van der Waals surface area contributed by atoms with Gasteiger partial charge in [0.2, 0.25) is 0 Å². The van der Waals surface area contributed by atoms with Crippen LogP contribution in [0.15, 0.2) is 59.4 Å². The van der Waals surface area contributed by atoms with Crippen LogP contribution >= 0.6 is 0 Å². The highest BCUT2D eigenvalue weighted by molar-refractivity contribution is 6.06. The van der Waals surface area contributed by atoms with Crippen molar-refractivity contribution in [2.24, 2.45) is 7.05 Å². The lowest BCUT2D eigenvalue weighted by molar-refractivity contribution is -0.123. The summed E-state index contributed by atoms with van der Waals surface area (Å²) in [5.41, 5.74) is 4.08. The first-order valence-corrected chi connectivity index (χ1v) is 11.6. The Labute approximate surface area is 202 Å². The minimum atomic E-state index is -1.10. The number of pyridine rings is 1. The SMILES string of the molecule is Cc1c(NC(=O)[C@@H](C)OC(=O)c2c3c(nc4ccccc24)CCC3)c(=O)n(-c2ccccc2)n1C. The second-order valence-electron chi connectivity index (χ2n) is 8.76. The molecule has 0 fully saturated rings. The van der Waals surface area contributed by atoms with Crippen LogP contribution in [0.3, 0.4) is 0 Å². The maximum absolute atomic E-state index is 13.3. The molecule has 35 heavy (non-hydrogen) atoms. The Morgan fingerprint density at radius 1 is 1.06 bits per heavy atom. The number of anilines is 1. The smallest absolute Gasteiger partial charge is 0.339 e. The van der Waals surface area contributed by atoms with Crippen LogP contribution in [0.2, 0.25) is 0 Å². The molecule has 178 valence electrons. The van der Waals surface area contributed by atoms with Crippen LogP contribution in [0.4, 0.5) is 5.69 Å². The third-order valence-corrected chi connectivity index (χ3v) is 6.58. The number of carbonyl (C=O) groups excluding carboxylic acids is 2. The summed E-state index contributed by atoms with van der Waals surface area (Å²) < 4.78 is 8.77. The molecule has 0 unspecified atom stereocenters. The largest absolute Gasteiger partial charge is 0.449 e. The molecule has 0 saturated heterocycles. The van der Waals surface area contributed by atoms with E-state index in [2.05, 4.69) is 5.32 Å². The molecule has 0 bridgehead atoms. The van der Waals surface area contributed by atoms with Crippen molar-refractivity contribution in [2.45, 2.75) is 39.2 Å². The van der Waals surface area contributed by atoms with Crippen molar-refractivity contribution in [1.82, 2.24) is 14.3 Å². The number of benzene rings is 2. The van der Waals surface area contributed by atoms with Gasteiger partial charge in [0.05, 0.1) is 22.5 Å². The molecule has 0 saturated carbocycles. The van der Waals surface area contributed by atoms with Crippen molar-refractivity contribution in [1.29, 1.82) is 0 Å². The number of nitrogens with zero attached hydrogens (tertiary/aromatic N) is 3. The lowest BCUT2D eigenvalue weighted by Crippen LogP contribution is -2.32. The maximum Gasteiger partial charge on any atom is 0.339 e. The van der Waals surface area contributed by atoms with E-state index >= 15 is 0 Å². The number of aryl methyl sites for hydroxylation is 1. The molecule has 2 aromatic heterocycles. The number of esters is 1. The number of hydrogen-bond donors (Lipinski definition) is 1. The number of fused-ring (bicyclic) bond motifs is 2. The summed E-state index contributed by atoms with van der Waals surface area (Å²) in [5.74, 6) is -1.13. The van der Waals surface area contributed by atoms with Gasteiger partial charge in [-0.3, -0.25) is 19.3 Å². The van der Waals surface area contributed by atoms with Gasteiger partial charge in [0, 0.05) is 18.1 Å². The summed E-state index contributed by atoms with van der Waals surface area (Å²) in [6.45, 7) is 3.25. The van der Waals surface area contributed by atoms with E-state index in [0.29, 0.717) is 16.9 Å². The summed E-state index contributed by atoms with van der Waals surface area (Å²) >= 11 is 0. The lowest BCUT2D eigenvalue weighted by Gasteiger charge is -2.16. The van der Waals surface area contributed by atoms with Gasteiger partial charge in [0.15, 0.2) is 6.10 Å². The van der Waals surface area contributed by atoms with Gasteiger partial charge in [0.1, 0.15) is 5.69 Å². The molecule has 0 radical (unpaired) electrons. The Bertz CT molecular complexity index is 1520. The highest BCUT2D eigenvalue weighted by Gasteiger charge is 2.28. The minimum absolute atomic E-state index is 0.152. The summed E-state index contributed by atoms with van der Waals surface area (Å²) in [5, 5.41) is 3.39. The van der Waals surface area contributed by atoms with Crippen LogP contribution in [0.5, 0.6) is 0 Å². The zero-order valence-corrected chi connectivity index (χ0v) is 19.9. The predicted octanol–water partition coefficient (Wildman–Crippen LogP) is 3.71. The molecule has 1 N–H and O–H groups in total. The quantitative estimate of drug-likeness (QED) is 0.449. The van der Waals surface area contributed by atoms with Crippen LogP contribution in [-0.4, -0.2) is 32.3 Å². The molecule has 0 aliphatic heterocycles. The first-order chi connectivity index (χ1) is 16.9. The summed E-state index contributed by atoms with van der Waals surface area (Å²) in [7, 11) is 1.75. The van der Waals surface area contributed by atoms with Crippen molar-refractivity contribution in [3.8, 4) is 5.69 Å². The first-order valence-electron chi connectivity index (χ1n) is 11.6. The van der Waals surface area contributed by atoms with Crippen LogP contribution in [0, 0.1) is 6.92 Å². The van der Waals surface area contributed by atoms with Crippen molar-refractivity contribution < 1.29 is 14.3 Å². The Morgan fingerprint density at radius 2 is 1.77 bits per heavy atom. The van der Waals surface area contributed by atoms with E-state index in [1.807, 2.05) is 54.6 Å². The average molecular weight is 471 g/mol. The standard InChI is InChI=1S/C27H26N4O4/c1-16-24(26(33)31(30(16)3)18-10-5-4-6-11-18)29-25(32)17(2)35-27(34)23-19-12-7-8-14-21(19)28-22-15-9-13-20(22)23/h4-8,10-12,14,17H,9,13,15H2,1-3H3,(H,29,32)/t17-/m1/s1. The van der Waals surface area contributed by atoms with Crippen molar-refractivity contribution >= 4 is 28.5 Å².